The van der Waals surface area contributed by atoms with Crippen LogP contribution < -0.4 is 0 Å². The summed E-state index contributed by atoms with van der Waals surface area (Å²) >= 11 is 0. The highest BCUT2D eigenvalue weighted by molar-refractivity contribution is 6.07. The molecule has 1 aliphatic heterocycles. The fourth-order valence-electron chi connectivity index (χ4n) is 4.60. The zero-order valence-electron chi connectivity index (χ0n) is 16.0. The minimum absolute atomic E-state index is 0.0897. The Kier molecular flexibility index (Phi) is 4.30. The van der Waals surface area contributed by atoms with Crippen LogP contribution in [0.1, 0.15) is 57.3 Å². The van der Waals surface area contributed by atoms with Gasteiger partial charge in [-0.15, -0.1) is 0 Å². The van der Waals surface area contributed by atoms with Gasteiger partial charge in [-0.3, -0.25) is 14.5 Å². The third-order valence-electron chi connectivity index (χ3n) is 6.11. The molecule has 0 unspecified atom stereocenters. The molecule has 1 fully saturated rings. The van der Waals surface area contributed by atoms with E-state index < -0.39 is 5.97 Å². The van der Waals surface area contributed by atoms with Crippen LogP contribution in [0, 0.1) is 0 Å². The van der Waals surface area contributed by atoms with Crippen LogP contribution in [0.2, 0.25) is 0 Å². The number of likely N-dealkylation sites (tertiary alicyclic amines) is 1. The predicted octanol–water partition coefficient (Wildman–Crippen LogP) is 3.10. The minimum Gasteiger partial charge on any atom is -0.478 e. The summed E-state index contributed by atoms with van der Waals surface area (Å²) in [6.45, 7) is 1.27. The number of rotatable bonds is 3. The summed E-state index contributed by atoms with van der Waals surface area (Å²) in [5, 5.41) is 14.2. The van der Waals surface area contributed by atoms with Crippen molar-refractivity contribution in [2.24, 2.45) is 0 Å². The van der Waals surface area contributed by atoms with Crippen molar-refractivity contribution in [3.05, 3.63) is 59.0 Å². The molecule has 0 spiro atoms. The van der Waals surface area contributed by atoms with Crippen LogP contribution in [0.5, 0.6) is 0 Å². The van der Waals surface area contributed by atoms with Crippen LogP contribution >= 0.6 is 0 Å². The summed E-state index contributed by atoms with van der Waals surface area (Å²) < 4.78 is 1.73. The highest BCUT2D eigenvalue weighted by atomic mass is 16.4. The average Bonchev–Trinajstić information content (AvgIpc) is 3.41. The van der Waals surface area contributed by atoms with Gasteiger partial charge in [-0.1, -0.05) is 18.2 Å². The molecule has 0 bridgehead atoms. The molecular formula is C22H22N4O3. The Bertz CT molecular complexity index is 1110. The number of fused-ring (bicyclic) bond motifs is 2. The van der Waals surface area contributed by atoms with E-state index in [1.807, 2.05) is 29.2 Å². The Morgan fingerprint density at radius 1 is 1.10 bits per heavy atom. The summed E-state index contributed by atoms with van der Waals surface area (Å²) in [5.41, 5.74) is 4.11. The zero-order chi connectivity index (χ0) is 20.0. The van der Waals surface area contributed by atoms with Crippen molar-refractivity contribution in [2.45, 2.75) is 38.1 Å². The summed E-state index contributed by atoms with van der Waals surface area (Å²) in [7, 11) is 0. The van der Waals surface area contributed by atoms with Gasteiger partial charge in [0.2, 0.25) is 0 Å². The Morgan fingerprint density at radius 3 is 2.66 bits per heavy atom. The lowest BCUT2D eigenvalue weighted by Crippen LogP contribution is -2.39. The molecule has 29 heavy (non-hydrogen) atoms. The first-order chi connectivity index (χ1) is 14.1. The Morgan fingerprint density at radius 2 is 1.90 bits per heavy atom. The number of aromatic carboxylic acids is 1. The monoisotopic (exact) mass is 390 g/mol. The first-order valence-electron chi connectivity index (χ1n) is 10.1. The van der Waals surface area contributed by atoms with Gasteiger partial charge in [0.15, 0.2) is 0 Å². The molecule has 1 aromatic carbocycles. The number of amides is 1. The van der Waals surface area contributed by atoms with Gasteiger partial charge in [0.1, 0.15) is 0 Å². The van der Waals surface area contributed by atoms with Crippen molar-refractivity contribution in [1.82, 2.24) is 19.7 Å². The molecule has 2 aliphatic rings. The van der Waals surface area contributed by atoms with Gasteiger partial charge >= 0.3 is 5.97 Å². The van der Waals surface area contributed by atoms with Gasteiger partial charge < -0.3 is 10.0 Å². The molecule has 1 aliphatic carbocycles. The molecule has 3 aromatic rings. The second kappa shape index (κ2) is 6.99. The summed E-state index contributed by atoms with van der Waals surface area (Å²) in [5.74, 6) is -0.880. The van der Waals surface area contributed by atoms with Crippen molar-refractivity contribution < 1.29 is 14.7 Å². The molecule has 1 amide bonds. The summed E-state index contributed by atoms with van der Waals surface area (Å²) in [6.07, 6.45) is 7.38. The van der Waals surface area contributed by atoms with E-state index in [4.69, 9.17) is 10.1 Å². The molecule has 3 heterocycles. The molecule has 148 valence electrons. The highest BCUT2D eigenvalue weighted by Gasteiger charge is 2.30. The lowest BCUT2D eigenvalue weighted by molar-refractivity contribution is 0.0689. The molecule has 1 N–H and O–H groups in total. The molecule has 7 nitrogen and oxygen atoms in total. The highest BCUT2D eigenvalue weighted by Crippen LogP contribution is 2.32. The van der Waals surface area contributed by atoms with E-state index >= 15 is 0 Å². The molecular weight excluding hydrogens is 368 g/mol. The second-order valence-corrected chi connectivity index (χ2v) is 7.82. The zero-order valence-corrected chi connectivity index (χ0v) is 16.0. The Labute approximate surface area is 168 Å². The van der Waals surface area contributed by atoms with Crippen LogP contribution in [0.25, 0.3) is 10.9 Å². The number of hydrogen-bond acceptors (Lipinski definition) is 4. The topological polar surface area (TPSA) is 88.3 Å². The number of hydrogen-bond donors (Lipinski definition) is 1. The maximum Gasteiger partial charge on any atom is 0.338 e. The average molecular weight is 390 g/mol. The van der Waals surface area contributed by atoms with Gasteiger partial charge in [-0.05, 0) is 43.7 Å². The third kappa shape index (κ3) is 3.06. The second-order valence-electron chi connectivity index (χ2n) is 7.82. The standard InChI is InChI=1S/C22H22N4O3/c27-21(20-16-4-1-2-6-18(16)24-19-7-3-5-17(19)20)25-10-8-15(9-11-25)26-13-14(12-23-26)22(28)29/h1-2,4,6,12-13,15H,3,5,7-11H2,(H,28,29). The van der Waals surface area contributed by atoms with Crippen LogP contribution in [-0.4, -0.2) is 49.7 Å². The van der Waals surface area contributed by atoms with E-state index in [0.29, 0.717) is 13.1 Å². The lowest BCUT2D eigenvalue weighted by atomic mass is 9.98. The number of piperidine rings is 1. The Balaban J connectivity index is 1.39. The molecule has 0 saturated carbocycles. The molecule has 0 atom stereocenters. The van der Waals surface area contributed by atoms with E-state index in [9.17, 15) is 9.59 Å². The number of carbonyl (C=O) groups is 2. The number of aromatic nitrogens is 3. The van der Waals surface area contributed by atoms with Crippen LogP contribution in [0.3, 0.4) is 0 Å². The number of carbonyl (C=O) groups excluding carboxylic acids is 1. The van der Waals surface area contributed by atoms with Gasteiger partial charge in [-0.25, -0.2) is 4.79 Å². The van der Waals surface area contributed by atoms with E-state index in [0.717, 1.165) is 59.8 Å². The van der Waals surface area contributed by atoms with E-state index in [2.05, 4.69) is 5.10 Å². The van der Waals surface area contributed by atoms with Crippen LogP contribution in [0.15, 0.2) is 36.7 Å². The van der Waals surface area contributed by atoms with E-state index in [1.165, 1.54) is 6.20 Å². The number of nitrogens with zero attached hydrogens (tertiary/aromatic N) is 4. The fraction of sp³-hybridized carbons (Fsp3) is 0.364. The number of benzene rings is 1. The number of para-hydroxylation sites is 1. The molecule has 2 aromatic heterocycles. The van der Waals surface area contributed by atoms with Crippen molar-refractivity contribution in [1.29, 1.82) is 0 Å². The SMILES string of the molecule is O=C(O)c1cnn(C2CCN(C(=O)c3c4c(nc5ccccc35)CCC4)CC2)c1. The molecule has 5 rings (SSSR count). The van der Waals surface area contributed by atoms with Gasteiger partial charge in [-0.2, -0.15) is 5.10 Å². The molecule has 1 saturated heterocycles. The minimum atomic E-state index is -0.970. The van der Waals surface area contributed by atoms with Gasteiger partial charge in [0.25, 0.3) is 5.91 Å². The largest absolute Gasteiger partial charge is 0.478 e. The van der Waals surface area contributed by atoms with Crippen LogP contribution in [0.4, 0.5) is 0 Å². The molecule has 7 heteroatoms. The maximum absolute atomic E-state index is 13.5. The predicted molar refractivity (Wildman–Crippen MR) is 107 cm³/mol. The normalized spacial score (nSPS) is 16.9. The summed E-state index contributed by atoms with van der Waals surface area (Å²) in [6, 6.07) is 8.03. The van der Waals surface area contributed by atoms with Crippen molar-refractivity contribution >= 4 is 22.8 Å². The van der Waals surface area contributed by atoms with Gasteiger partial charge in [0, 0.05) is 30.4 Å². The lowest BCUT2D eigenvalue weighted by Gasteiger charge is -2.32. The summed E-state index contributed by atoms with van der Waals surface area (Å²) in [4.78, 5) is 31.3. The first kappa shape index (κ1) is 17.8. The maximum atomic E-state index is 13.5. The molecule has 0 radical (unpaired) electrons. The van der Waals surface area contributed by atoms with Crippen molar-refractivity contribution in [2.75, 3.05) is 13.1 Å². The first-order valence-corrected chi connectivity index (χ1v) is 10.1. The van der Waals surface area contributed by atoms with Crippen LogP contribution in [-0.2, 0) is 12.8 Å². The number of carboxylic acids is 1. The number of aryl methyl sites for hydroxylation is 1. The van der Waals surface area contributed by atoms with E-state index in [1.54, 1.807) is 10.9 Å². The van der Waals surface area contributed by atoms with Gasteiger partial charge in [0.05, 0.1) is 28.9 Å². The third-order valence-corrected chi connectivity index (χ3v) is 6.11. The van der Waals surface area contributed by atoms with Crippen molar-refractivity contribution in [3.8, 4) is 0 Å². The Hall–Kier alpha value is -3.22. The quantitative estimate of drug-likeness (QED) is 0.742. The van der Waals surface area contributed by atoms with E-state index in [-0.39, 0.29) is 17.5 Å². The van der Waals surface area contributed by atoms with Crippen molar-refractivity contribution in [3.63, 3.8) is 0 Å². The smallest absolute Gasteiger partial charge is 0.338 e. The fourth-order valence-corrected chi connectivity index (χ4v) is 4.60. The number of carboxylic acid groups (broad SMARTS) is 1. The number of pyridine rings is 1.